The number of primary sulfonamides is 1. The van der Waals surface area contributed by atoms with Crippen LogP contribution in [0, 0.1) is 5.82 Å². The molecule has 21 heavy (non-hydrogen) atoms. The highest BCUT2D eigenvalue weighted by Gasteiger charge is 2.14. The Hall–Kier alpha value is -2.45. The fourth-order valence-electron chi connectivity index (χ4n) is 1.64. The summed E-state index contributed by atoms with van der Waals surface area (Å²) in [6.07, 6.45) is 0. The standard InChI is InChI=1S/C13H11FN2O4S/c14-12-7-9(17)4-5-11(12)13(18)16-8-2-1-3-10(6-8)21(15,19)20/h1-7,17H,(H,16,18)(H2,15,19,20). The van der Waals surface area contributed by atoms with Gasteiger partial charge in [0, 0.05) is 11.8 Å². The maximum absolute atomic E-state index is 13.5. The van der Waals surface area contributed by atoms with Crippen LogP contribution in [0.1, 0.15) is 10.4 Å². The van der Waals surface area contributed by atoms with E-state index in [2.05, 4.69) is 5.32 Å². The maximum Gasteiger partial charge on any atom is 0.258 e. The Balaban J connectivity index is 2.28. The van der Waals surface area contributed by atoms with Crippen LogP contribution in [0.2, 0.25) is 0 Å². The number of amides is 1. The van der Waals surface area contributed by atoms with Gasteiger partial charge < -0.3 is 10.4 Å². The number of aromatic hydroxyl groups is 1. The van der Waals surface area contributed by atoms with Crippen LogP contribution in [0.4, 0.5) is 10.1 Å². The van der Waals surface area contributed by atoms with Crippen LogP contribution in [0.3, 0.4) is 0 Å². The van der Waals surface area contributed by atoms with Gasteiger partial charge in [-0.2, -0.15) is 0 Å². The molecule has 4 N–H and O–H groups in total. The molecule has 8 heteroatoms. The molecule has 0 saturated heterocycles. The van der Waals surface area contributed by atoms with Crippen LogP contribution >= 0.6 is 0 Å². The second-order valence-electron chi connectivity index (χ2n) is 4.19. The normalized spacial score (nSPS) is 11.1. The van der Waals surface area contributed by atoms with Gasteiger partial charge in [0.25, 0.3) is 5.91 Å². The van der Waals surface area contributed by atoms with Crippen molar-refractivity contribution in [3.63, 3.8) is 0 Å². The first kappa shape index (κ1) is 14.9. The van der Waals surface area contributed by atoms with Gasteiger partial charge in [0.2, 0.25) is 10.0 Å². The molecule has 0 aliphatic carbocycles. The Morgan fingerprint density at radius 2 is 1.90 bits per heavy atom. The second kappa shape index (κ2) is 5.51. The summed E-state index contributed by atoms with van der Waals surface area (Å²) in [6, 6.07) is 8.34. The molecule has 0 aliphatic heterocycles. The largest absolute Gasteiger partial charge is 0.508 e. The first-order chi connectivity index (χ1) is 9.77. The maximum atomic E-state index is 13.5. The van der Waals surface area contributed by atoms with Crippen LogP contribution in [0.15, 0.2) is 47.4 Å². The summed E-state index contributed by atoms with van der Waals surface area (Å²) in [4.78, 5) is 11.7. The van der Waals surface area contributed by atoms with E-state index in [0.29, 0.717) is 0 Å². The van der Waals surface area contributed by atoms with Crippen LogP contribution in [0.25, 0.3) is 0 Å². The summed E-state index contributed by atoms with van der Waals surface area (Å²) in [7, 11) is -3.90. The number of benzene rings is 2. The van der Waals surface area contributed by atoms with Gasteiger partial charge in [0.1, 0.15) is 11.6 Å². The lowest BCUT2D eigenvalue weighted by atomic mass is 10.2. The molecule has 0 fully saturated rings. The van der Waals surface area contributed by atoms with Gasteiger partial charge in [-0.15, -0.1) is 0 Å². The lowest BCUT2D eigenvalue weighted by molar-refractivity contribution is 0.102. The van der Waals surface area contributed by atoms with Crippen molar-refractivity contribution in [3.05, 3.63) is 53.8 Å². The van der Waals surface area contributed by atoms with Crippen LogP contribution in [0.5, 0.6) is 5.75 Å². The van der Waals surface area contributed by atoms with E-state index in [4.69, 9.17) is 10.2 Å². The van der Waals surface area contributed by atoms with Crippen LogP contribution in [-0.2, 0) is 10.0 Å². The van der Waals surface area contributed by atoms with E-state index in [0.717, 1.165) is 18.2 Å². The molecule has 0 heterocycles. The van der Waals surface area contributed by atoms with E-state index >= 15 is 0 Å². The fourth-order valence-corrected chi connectivity index (χ4v) is 2.20. The Morgan fingerprint density at radius 1 is 1.19 bits per heavy atom. The molecule has 110 valence electrons. The SMILES string of the molecule is NS(=O)(=O)c1cccc(NC(=O)c2ccc(O)cc2F)c1. The molecular formula is C13H11FN2O4S. The third-order valence-electron chi connectivity index (χ3n) is 2.62. The molecule has 0 saturated carbocycles. The number of carbonyl (C=O) groups is 1. The molecule has 2 aromatic rings. The van der Waals surface area contributed by atoms with Crippen molar-refractivity contribution in [1.29, 1.82) is 0 Å². The number of phenolic OH excluding ortho intramolecular Hbond substituents is 1. The number of sulfonamides is 1. The predicted molar refractivity (Wildman–Crippen MR) is 73.8 cm³/mol. The van der Waals surface area contributed by atoms with Crippen molar-refractivity contribution in [3.8, 4) is 5.75 Å². The molecule has 0 spiro atoms. The molecule has 2 aromatic carbocycles. The van der Waals surface area contributed by atoms with Gasteiger partial charge in [0.05, 0.1) is 10.5 Å². The van der Waals surface area contributed by atoms with E-state index in [9.17, 15) is 17.6 Å². The summed E-state index contributed by atoms with van der Waals surface area (Å²) >= 11 is 0. The molecule has 0 atom stereocenters. The van der Waals surface area contributed by atoms with Crippen molar-refractivity contribution < 1.29 is 22.7 Å². The van der Waals surface area contributed by atoms with Crippen LogP contribution < -0.4 is 10.5 Å². The highest BCUT2D eigenvalue weighted by molar-refractivity contribution is 7.89. The Morgan fingerprint density at radius 3 is 2.52 bits per heavy atom. The number of anilines is 1. The number of hydrogen-bond donors (Lipinski definition) is 3. The first-order valence-electron chi connectivity index (χ1n) is 5.70. The third kappa shape index (κ3) is 3.56. The van der Waals surface area contributed by atoms with Crippen molar-refractivity contribution in [1.82, 2.24) is 0 Å². The number of rotatable bonds is 3. The first-order valence-corrected chi connectivity index (χ1v) is 7.25. The number of hydrogen-bond acceptors (Lipinski definition) is 4. The number of nitrogens with two attached hydrogens (primary N) is 1. The lowest BCUT2D eigenvalue weighted by Crippen LogP contribution is -2.15. The Kier molecular flexibility index (Phi) is 3.92. The zero-order valence-corrected chi connectivity index (χ0v) is 11.4. The molecule has 1 amide bonds. The quantitative estimate of drug-likeness (QED) is 0.796. The monoisotopic (exact) mass is 310 g/mol. The molecule has 0 radical (unpaired) electrons. The number of halogens is 1. The molecule has 6 nitrogen and oxygen atoms in total. The number of carbonyl (C=O) groups excluding carboxylic acids is 1. The van der Waals surface area contributed by atoms with Gasteiger partial charge in [-0.05, 0) is 30.3 Å². The molecule has 2 rings (SSSR count). The van der Waals surface area contributed by atoms with E-state index < -0.39 is 21.7 Å². The second-order valence-corrected chi connectivity index (χ2v) is 5.75. The van der Waals surface area contributed by atoms with E-state index in [1.807, 2.05) is 0 Å². The summed E-state index contributed by atoms with van der Waals surface area (Å²) in [6.45, 7) is 0. The third-order valence-corrected chi connectivity index (χ3v) is 3.53. The highest BCUT2D eigenvalue weighted by Crippen LogP contribution is 2.18. The molecule has 0 aromatic heterocycles. The van der Waals surface area contributed by atoms with Gasteiger partial charge in [-0.25, -0.2) is 17.9 Å². The van der Waals surface area contributed by atoms with Crippen molar-refractivity contribution >= 4 is 21.6 Å². The van der Waals surface area contributed by atoms with Gasteiger partial charge >= 0.3 is 0 Å². The minimum absolute atomic E-state index is 0.152. The van der Waals surface area contributed by atoms with E-state index in [1.54, 1.807) is 0 Å². The zero-order chi connectivity index (χ0) is 15.6. The summed E-state index contributed by atoms with van der Waals surface area (Å²) < 4.78 is 36.0. The molecule has 0 unspecified atom stereocenters. The summed E-state index contributed by atoms with van der Waals surface area (Å²) in [5.74, 6) is -1.98. The minimum atomic E-state index is -3.90. The average molecular weight is 310 g/mol. The highest BCUT2D eigenvalue weighted by atomic mass is 32.2. The van der Waals surface area contributed by atoms with E-state index in [-0.39, 0.29) is 21.9 Å². The molecule has 0 aliphatic rings. The van der Waals surface area contributed by atoms with Gasteiger partial charge in [-0.3, -0.25) is 4.79 Å². The minimum Gasteiger partial charge on any atom is -0.508 e. The predicted octanol–water partition coefficient (Wildman–Crippen LogP) is 1.43. The van der Waals surface area contributed by atoms with Crippen LogP contribution in [-0.4, -0.2) is 19.4 Å². The molecule has 0 bridgehead atoms. The van der Waals surface area contributed by atoms with E-state index in [1.165, 1.54) is 24.3 Å². The summed E-state index contributed by atoms with van der Waals surface area (Å²) in [5.41, 5.74) is -0.132. The Labute approximate surface area is 120 Å². The smallest absolute Gasteiger partial charge is 0.258 e. The van der Waals surface area contributed by atoms with Gasteiger partial charge in [0.15, 0.2) is 0 Å². The van der Waals surface area contributed by atoms with Gasteiger partial charge in [-0.1, -0.05) is 6.07 Å². The Bertz CT molecular complexity index is 806. The topological polar surface area (TPSA) is 109 Å². The zero-order valence-electron chi connectivity index (χ0n) is 10.6. The number of nitrogens with one attached hydrogen (secondary N) is 1. The van der Waals surface area contributed by atoms with Crippen molar-refractivity contribution in [2.24, 2.45) is 5.14 Å². The summed E-state index contributed by atoms with van der Waals surface area (Å²) in [5, 5.41) is 16.4. The van der Waals surface area contributed by atoms with Crippen molar-refractivity contribution in [2.45, 2.75) is 4.90 Å². The fraction of sp³-hybridized carbons (Fsp3) is 0. The average Bonchev–Trinajstić information content (AvgIpc) is 2.37. The lowest BCUT2D eigenvalue weighted by Gasteiger charge is -2.07. The number of phenols is 1. The van der Waals surface area contributed by atoms with Crippen molar-refractivity contribution in [2.75, 3.05) is 5.32 Å². The molecular weight excluding hydrogens is 299 g/mol.